The van der Waals surface area contributed by atoms with E-state index in [-0.39, 0.29) is 24.5 Å². The van der Waals surface area contributed by atoms with Crippen LogP contribution in [0.15, 0.2) is 18.3 Å². The average Bonchev–Trinajstić information content (AvgIpc) is 2.73. The van der Waals surface area contributed by atoms with Gasteiger partial charge in [0.05, 0.1) is 18.1 Å². The van der Waals surface area contributed by atoms with Gasteiger partial charge < -0.3 is 10.0 Å². The smallest absolute Gasteiger partial charge is 0.311 e. The predicted octanol–water partition coefficient (Wildman–Crippen LogP) is 0.900. The Morgan fingerprint density at radius 3 is 3.06 bits per heavy atom. The van der Waals surface area contributed by atoms with Crippen molar-refractivity contribution < 1.29 is 14.4 Å². The van der Waals surface area contributed by atoms with E-state index in [4.69, 9.17) is 5.11 Å². The van der Waals surface area contributed by atoms with Crippen LogP contribution in [0.2, 0.25) is 0 Å². The Morgan fingerprint density at radius 1 is 1.71 bits per heavy atom. The van der Waals surface area contributed by atoms with E-state index in [1.165, 1.54) is 23.2 Å². The van der Waals surface area contributed by atoms with Crippen LogP contribution in [0.5, 0.6) is 0 Å². The molecule has 2 heterocycles. The van der Waals surface area contributed by atoms with E-state index in [0.29, 0.717) is 6.54 Å². The van der Waals surface area contributed by atoms with E-state index in [0.717, 1.165) is 0 Å². The van der Waals surface area contributed by atoms with Gasteiger partial charge in [-0.05, 0) is 6.07 Å². The van der Waals surface area contributed by atoms with Crippen LogP contribution in [0, 0.1) is 10.1 Å². The zero-order valence-corrected chi connectivity index (χ0v) is 9.04. The largest absolute Gasteiger partial charge is 0.393 e. The fourth-order valence-electron chi connectivity index (χ4n) is 1.92. The highest BCUT2D eigenvalue weighted by molar-refractivity contribution is 5.58. The van der Waals surface area contributed by atoms with Crippen molar-refractivity contribution in [1.82, 2.24) is 4.98 Å². The minimum Gasteiger partial charge on any atom is -0.393 e. The Labute approximate surface area is 96.8 Å². The van der Waals surface area contributed by atoms with Crippen molar-refractivity contribution in [2.45, 2.75) is 12.1 Å². The molecule has 1 saturated heterocycles. The normalized spacial score (nSPS) is 24.0. The molecule has 2 rings (SSSR count). The quantitative estimate of drug-likeness (QED) is 0.628. The lowest BCUT2D eigenvalue weighted by molar-refractivity contribution is -0.384. The number of rotatable bonds is 3. The number of aliphatic hydroxyl groups is 1. The van der Waals surface area contributed by atoms with E-state index in [1.54, 1.807) is 0 Å². The Morgan fingerprint density at radius 2 is 2.47 bits per heavy atom. The van der Waals surface area contributed by atoms with Crippen molar-refractivity contribution in [3.8, 4) is 0 Å². The maximum absolute atomic E-state index is 13.8. The Bertz CT molecular complexity index is 443. The van der Waals surface area contributed by atoms with Gasteiger partial charge >= 0.3 is 5.69 Å². The highest BCUT2D eigenvalue weighted by atomic mass is 19.1. The first kappa shape index (κ1) is 11.7. The average molecular weight is 241 g/mol. The molecule has 1 aromatic heterocycles. The molecular formula is C10H12FN3O3. The van der Waals surface area contributed by atoms with Crippen molar-refractivity contribution in [3.05, 3.63) is 28.4 Å². The van der Waals surface area contributed by atoms with Gasteiger partial charge in [-0.15, -0.1) is 0 Å². The van der Waals surface area contributed by atoms with Crippen molar-refractivity contribution >= 4 is 11.5 Å². The van der Waals surface area contributed by atoms with Gasteiger partial charge in [0.15, 0.2) is 5.67 Å². The van der Waals surface area contributed by atoms with Crippen LogP contribution in [0.1, 0.15) is 6.42 Å². The zero-order valence-electron chi connectivity index (χ0n) is 9.04. The second-order valence-corrected chi connectivity index (χ2v) is 4.08. The number of anilines is 1. The third kappa shape index (κ3) is 2.19. The standard InChI is InChI=1S/C10H12FN3O3/c11-10(7-15)3-5-13(6-10)9-8(14(16)17)2-1-4-12-9/h1-2,4,15H,3,5-7H2/t10-/m1/s1. The molecule has 17 heavy (non-hydrogen) atoms. The number of hydrogen-bond acceptors (Lipinski definition) is 5. The number of halogens is 1. The van der Waals surface area contributed by atoms with E-state index in [9.17, 15) is 14.5 Å². The lowest BCUT2D eigenvalue weighted by Crippen LogP contribution is -2.32. The first-order chi connectivity index (χ1) is 8.06. The summed E-state index contributed by atoms with van der Waals surface area (Å²) in [6, 6.07) is 2.80. The number of aliphatic hydroxyl groups excluding tert-OH is 1. The number of nitrogens with zero attached hydrogens (tertiary/aromatic N) is 3. The molecule has 0 saturated carbocycles. The first-order valence-corrected chi connectivity index (χ1v) is 5.20. The lowest BCUT2D eigenvalue weighted by Gasteiger charge is -2.19. The molecule has 0 radical (unpaired) electrons. The van der Waals surface area contributed by atoms with Crippen LogP contribution >= 0.6 is 0 Å². The minimum atomic E-state index is -1.69. The van der Waals surface area contributed by atoms with Crippen LogP contribution in [0.4, 0.5) is 15.9 Å². The number of aromatic nitrogens is 1. The fraction of sp³-hybridized carbons (Fsp3) is 0.500. The summed E-state index contributed by atoms with van der Waals surface area (Å²) in [6.07, 6.45) is 1.58. The fourth-order valence-corrected chi connectivity index (χ4v) is 1.92. The van der Waals surface area contributed by atoms with Gasteiger partial charge in [0.25, 0.3) is 0 Å². The predicted molar refractivity (Wildman–Crippen MR) is 58.6 cm³/mol. The molecular weight excluding hydrogens is 229 g/mol. The highest BCUT2D eigenvalue weighted by Gasteiger charge is 2.40. The number of alkyl halides is 1. The monoisotopic (exact) mass is 241 g/mol. The van der Waals surface area contributed by atoms with Gasteiger partial charge in [-0.3, -0.25) is 10.1 Å². The molecule has 1 atom stereocenters. The maximum atomic E-state index is 13.8. The topological polar surface area (TPSA) is 79.5 Å². The molecule has 0 spiro atoms. The molecule has 0 bridgehead atoms. The van der Waals surface area contributed by atoms with E-state index in [2.05, 4.69) is 4.98 Å². The van der Waals surface area contributed by atoms with E-state index >= 15 is 0 Å². The first-order valence-electron chi connectivity index (χ1n) is 5.20. The number of hydrogen-bond donors (Lipinski definition) is 1. The maximum Gasteiger partial charge on any atom is 0.311 e. The van der Waals surface area contributed by atoms with Crippen LogP contribution < -0.4 is 4.90 Å². The van der Waals surface area contributed by atoms with Crippen molar-refractivity contribution in [1.29, 1.82) is 0 Å². The molecule has 6 nitrogen and oxygen atoms in total. The zero-order chi connectivity index (χ0) is 12.5. The van der Waals surface area contributed by atoms with Crippen LogP contribution in [0.3, 0.4) is 0 Å². The summed E-state index contributed by atoms with van der Waals surface area (Å²) in [4.78, 5) is 15.7. The molecule has 1 aromatic rings. The molecule has 1 aliphatic heterocycles. The molecule has 7 heteroatoms. The minimum absolute atomic E-state index is 0.0681. The summed E-state index contributed by atoms with van der Waals surface area (Å²) in [5.41, 5.74) is -1.83. The van der Waals surface area contributed by atoms with Crippen molar-refractivity contribution in [3.63, 3.8) is 0 Å². The summed E-state index contributed by atoms with van der Waals surface area (Å²) in [7, 11) is 0. The SMILES string of the molecule is O=[N+]([O-])c1cccnc1N1CC[C@](F)(CO)C1. The number of pyridine rings is 1. The third-order valence-corrected chi connectivity index (χ3v) is 2.85. The van der Waals surface area contributed by atoms with Gasteiger partial charge in [-0.2, -0.15) is 0 Å². The molecule has 0 aliphatic carbocycles. The van der Waals surface area contributed by atoms with Crippen molar-refractivity contribution in [2.24, 2.45) is 0 Å². The Balaban J connectivity index is 2.27. The van der Waals surface area contributed by atoms with Crippen molar-refractivity contribution in [2.75, 3.05) is 24.6 Å². The molecule has 1 fully saturated rings. The summed E-state index contributed by atoms with van der Waals surface area (Å²) in [6.45, 7) is -0.333. The Hall–Kier alpha value is -1.76. The summed E-state index contributed by atoms with van der Waals surface area (Å²) in [5, 5.41) is 19.7. The van der Waals surface area contributed by atoms with Gasteiger partial charge in [-0.1, -0.05) is 0 Å². The molecule has 0 aromatic carbocycles. The molecule has 1 aliphatic rings. The number of nitro groups is 1. The van der Waals surface area contributed by atoms with Gasteiger partial charge in [0.1, 0.15) is 0 Å². The van der Waals surface area contributed by atoms with Crippen LogP contribution in [-0.2, 0) is 0 Å². The summed E-state index contributed by atoms with van der Waals surface area (Å²) < 4.78 is 13.8. The Kier molecular flexibility index (Phi) is 2.93. The molecule has 0 unspecified atom stereocenters. The highest BCUT2D eigenvalue weighted by Crippen LogP contribution is 2.32. The summed E-state index contributed by atoms with van der Waals surface area (Å²) in [5.74, 6) is 0.158. The van der Waals surface area contributed by atoms with E-state index < -0.39 is 17.2 Å². The lowest BCUT2D eigenvalue weighted by atomic mass is 10.1. The summed E-state index contributed by atoms with van der Waals surface area (Å²) >= 11 is 0. The van der Waals surface area contributed by atoms with Crippen LogP contribution in [-0.4, -0.2) is 40.4 Å². The molecule has 0 amide bonds. The molecule has 92 valence electrons. The second kappa shape index (κ2) is 4.25. The second-order valence-electron chi connectivity index (χ2n) is 4.08. The van der Waals surface area contributed by atoms with Gasteiger partial charge in [0.2, 0.25) is 5.82 Å². The van der Waals surface area contributed by atoms with Crippen LogP contribution in [0.25, 0.3) is 0 Å². The molecule has 1 N–H and O–H groups in total. The third-order valence-electron chi connectivity index (χ3n) is 2.85. The van der Waals surface area contributed by atoms with E-state index in [1.807, 2.05) is 0 Å². The van der Waals surface area contributed by atoms with Gasteiger partial charge in [0, 0.05) is 25.2 Å². The van der Waals surface area contributed by atoms with Gasteiger partial charge in [-0.25, -0.2) is 9.37 Å².